The highest BCUT2D eigenvalue weighted by Gasteiger charge is 2.25. The number of thiazole rings is 1. The van der Waals surface area contributed by atoms with Crippen LogP contribution in [-0.2, 0) is 24.3 Å². The quantitative estimate of drug-likeness (QED) is 0.921. The van der Waals surface area contributed by atoms with Crippen molar-refractivity contribution in [2.24, 2.45) is 7.05 Å². The fourth-order valence-corrected chi connectivity index (χ4v) is 3.38. The molecule has 2 rings (SSSR count). The first-order chi connectivity index (χ1) is 11.0. The average molecular weight is 349 g/mol. The van der Waals surface area contributed by atoms with E-state index in [1.807, 2.05) is 7.05 Å². The van der Waals surface area contributed by atoms with E-state index in [4.69, 9.17) is 0 Å². The van der Waals surface area contributed by atoms with Crippen molar-refractivity contribution in [3.05, 3.63) is 33.5 Å². The van der Waals surface area contributed by atoms with E-state index in [0.717, 1.165) is 22.8 Å². The van der Waals surface area contributed by atoms with Crippen LogP contribution in [0.15, 0.2) is 11.6 Å². The molecule has 1 N–H and O–H groups in total. The SMILES string of the molecule is Cn1cc(C(=O)NCCc2nc(C(C)(C)C)cs2)c(C(C)(C)C)n1. The third-order valence-corrected chi connectivity index (χ3v) is 4.64. The van der Waals surface area contributed by atoms with Gasteiger partial charge in [0.2, 0.25) is 0 Å². The minimum Gasteiger partial charge on any atom is -0.352 e. The van der Waals surface area contributed by atoms with Crippen LogP contribution >= 0.6 is 11.3 Å². The number of hydrogen-bond donors (Lipinski definition) is 1. The number of aryl methyl sites for hydroxylation is 1. The zero-order valence-corrected chi connectivity index (χ0v) is 16.5. The van der Waals surface area contributed by atoms with Gasteiger partial charge in [0.25, 0.3) is 5.91 Å². The van der Waals surface area contributed by atoms with Crippen molar-refractivity contribution >= 4 is 17.2 Å². The summed E-state index contributed by atoms with van der Waals surface area (Å²) in [4.78, 5) is 17.2. The van der Waals surface area contributed by atoms with Crippen LogP contribution in [0.3, 0.4) is 0 Å². The Morgan fingerprint density at radius 3 is 2.42 bits per heavy atom. The van der Waals surface area contributed by atoms with Gasteiger partial charge < -0.3 is 5.32 Å². The summed E-state index contributed by atoms with van der Waals surface area (Å²) in [5.41, 5.74) is 2.49. The second kappa shape index (κ2) is 6.67. The molecular formula is C18H28N4OS. The number of amides is 1. The molecule has 0 unspecified atom stereocenters. The summed E-state index contributed by atoms with van der Waals surface area (Å²) >= 11 is 1.66. The number of nitrogens with zero attached hydrogens (tertiary/aromatic N) is 3. The van der Waals surface area contributed by atoms with Gasteiger partial charge in [0.1, 0.15) is 0 Å². The van der Waals surface area contributed by atoms with Gasteiger partial charge in [-0.1, -0.05) is 41.5 Å². The molecule has 2 heterocycles. The summed E-state index contributed by atoms with van der Waals surface area (Å²) in [5.74, 6) is -0.0689. The van der Waals surface area contributed by atoms with Gasteiger partial charge in [-0.15, -0.1) is 11.3 Å². The van der Waals surface area contributed by atoms with E-state index in [2.05, 4.69) is 62.3 Å². The van der Waals surface area contributed by atoms with Crippen LogP contribution in [0.5, 0.6) is 0 Å². The van der Waals surface area contributed by atoms with Gasteiger partial charge in [-0.05, 0) is 0 Å². The summed E-state index contributed by atoms with van der Waals surface area (Å²) in [7, 11) is 1.84. The highest BCUT2D eigenvalue weighted by atomic mass is 32.1. The molecule has 0 saturated carbocycles. The Labute approximate surface area is 148 Å². The third-order valence-electron chi connectivity index (χ3n) is 3.73. The van der Waals surface area contributed by atoms with E-state index in [1.165, 1.54) is 0 Å². The zero-order valence-electron chi connectivity index (χ0n) is 15.7. The van der Waals surface area contributed by atoms with Crippen LogP contribution in [-0.4, -0.2) is 27.2 Å². The number of hydrogen-bond acceptors (Lipinski definition) is 4. The third kappa shape index (κ3) is 4.44. The van der Waals surface area contributed by atoms with Gasteiger partial charge >= 0.3 is 0 Å². The van der Waals surface area contributed by atoms with E-state index in [1.54, 1.807) is 22.2 Å². The molecule has 2 aromatic heterocycles. The van der Waals surface area contributed by atoms with E-state index in [9.17, 15) is 4.79 Å². The van der Waals surface area contributed by atoms with Crippen LogP contribution in [0.25, 0.3) is 0 Å². The molecule has 1 amide bonds. The van der Waals surface area contributed by atoms with E-state index in [0.29, 0.717) is 12.1 Å². The van der Waals surface area contributed by atoms with Gasteiger partial charge in [0.05, 0.1) is 22.0 Å². The van der Waals surface area contributed by atoms with Crippen molar-refractivity contribution in [2.75, 3.05) is 6.54 Å². The lowest BCUT2D eigenvalue weighted by atomic mass is 9.89. The highest BCUT2D eigenvalue weighted by molar-refractivity contribution is 7.09. The Balaban J connectivity index is 1.98. The molecular weight excluding hydrogens is 320 g/mol. The Hall–Kier alpha value is -1.69. The van der Waals surface area contributed by atoms with Crippen LogP contribution in [0.4, 0.5) is 0 Å². The first-order valence-corrected chi connectivity index (χ1v) is 9.13. The molecule has 0 radical (unpaired) electrons. The Morgan fingerprint density at radius 1 is 1.21 bits per heavy atom. The van der Waals surface area contributed by atoms with Crippen LogP contribution in [0.1, 0.15) is 68.3 Å². The largest absolute Gasteiger partial charge is 0.352 e. The average Bonchev–Trinajstić information content (AvgIpc) is 3.04. The van der Waals surface area contributed by atoms with E-state index in [-0.39, 0.29) is 16.7 Å². The van der Waals surface area contributed by atoms with Crippen molar-refractivity contribution in [1.29, 1.82) is 0 Å². The Morgan fingerprint density at radius 2 is 1.88 bits per heavy atom. The Bertz CT molecular complexity index is 716. The second-order valence-corrected chi connectivity index (χ2v) is 9.14. The lowest BCUT2D eigenvalue weighted by Gasteiger charge is -2.17. The fraction of sp³-hybridized carbons (Fsp3) is 0.611. The molecule has 0 aliphatic carbocycles. The van der Waals surface area contributed by atoms with Crippen molar-refractivity contribution < 1.29 is 4.79 Å². The van der Waals surface area contributed by atoms with Crippen molar-refractivity contribution in [1.82, 2.24) is 20.1 Å². The summed E-state index contributed by atoms with van der Waals surface area (Å²) in [6, 6.07) is 0. The summed E-state index contributed by atoms with van der Waals surface area (Å²) in [6.45, 7) is 13.2. The molecule has 0 aliphatic rings. The van der Waals surface area contributed by atoms with Crippen LogP contribution in [0.2, 0.25) is 0 Å². The van der Waals surface area contributed by atoms with Gasteiger partial charge in [-0.25, -0.2) is 4.98 Å². The standard InChI is InChI=1S/C18H28N4OS/c1-17(2,3)13-11-24-14(20-13)8-9-19-16(23)12-10-22(7)21-15(12)18(4,5)6/h10-11H,8-9H2,1-7H3,(H,19,23). The molecule has 6 heteroatoms. The van der Waals surface area contributed by atoms with Crippen molar-refractivity contribution in [2.45, 2.75) is 58.8 Å². The van der Waals surface area contributed by atoms with Gasteiger partial charge in [0, 0.05) is 42.4 Å². The molecule has 5 nitrogen and oxygen atoms in total. The van der Waals surface area contributed by atoms with Gasteiger partial charge in [-0.2, -0.15) is 5.10 Å². The van der Waals surface area contributed by atoms with Crippen molar-refractivity contribution in [3.63, 3.8) is 0 Å². The normalized spacial score (nSPS) is 12.5. The topological polar surface area (TPSA) is 59.8 Å². The summed E-state index contributed by atoms with van der Waals surface area (Å²) in [5, 5.41) is 10.6. The monoisotopic (exact) mass is 348 g/mol. The lowest BCUT2D eigenvalue weighted by Crippen LogP contribution is -2.28. The number of carbonyl (C=O) groups excluding carboxylic acids is 1. The van der Waals surface area contributed by atoms with E-state index < -0.39 is 0 Å². The van der Waals surface area contributed by atoms with Crippen LogP contribution in [0, 0.1) is 0 Å². The maximum Gasteiger partial charge on any atom is 0.254 e. The maximum atomic E-state index is 12.5. The number of nitrogens with one attached hydrogen (secondary N) is 1. The number of carbonyl (C=O) groups is 1. The molecule has 0 aliphatic heterocycles. The Kier molecular flexibility index (Phi) is 5.18. The molecule has 0 fully saturated rings. The van der Waals surface area contributed by atoms with Crippen LogP contribution < -0.4 is 5.32 Å². The molecule has 0 aromatic carbocycles. The molecule has 0 atom stereocenters. The molecule has 0 bridgehead atoms. The lowest BCUT2D eigenvalue weighted by molar-refractivity contribution is 0.0952. The fourth-order valence-electron chi connectivity index (χ4n) is 2.36. The molecule has 2 aromatic rings. The predicted octanol–water partition coefficient (Wildman–Crippen LogP) is 3.44. The molecule has 132 valence electrons. The summed E-state index contributed by atoms with van der Waals surface area (Å²) in [6.07, 6.45) is 2.54. The first kappa shape index (κ1) is 18.6. The number of rotatable bonds is 4. The summed E-state index contributed by atoms with van der Waals surface area (Å²) < 4.78 is 1.70. The first-order valence-electron chi connectivity index (χ1n) is 8.25. The maximum absolute atomic E-state index is 12.5. The predicted molar refractivity (Wildman–Crippen MR) is 98.8 cm³/mol. The highest BCUT2D eigenvalue weighted by Crippen LogP contribution is 2.25. The van der Waals surface area contributed by atoms with Gasteiger partial charge in [0.15, 0.2) is 0 Å². The second-order valence-electron chi connectivity index (χ2n) is 8.20. The zero-order chi connectivity index (χ0) is 18.1. The van der Waals surface area contributed by atoms with E-state index >= 15 is 0 Å². The minimum atomic E-state index is -0.162. The molecule has 24 heavy (non-hydrogen) atoms. The van der Waals surface area contributed by atoms with Crippen molar-refractivity contribution in [3.8, 4) is 0 Å². The molecule has 0 spiro atoms. The molecule has 0 saturated heterocycles. The smallest absolute Gasteiger partial charge is 0.254 e. The minimum absolute atomic E-state index is 0.0648. The van der Waals surface area contributed by atoms with Gasteiger partial charge in [-0.3, -0.25) is 9.48 Å². The number of aromatic nitrogens is 3.